The van der Waals surface area contributed by atoms with Crippen LogP contribution < -0.4 is 10.1 Å². The molecule has 7 N–H and O–H groups in total. The number of esters is 1. The highest BCUT2D eigenvalue weighted by Crippen LogP contribution is 2.55. The number of ether oxygens (including phenoxy) is 4. The van der Waals surface area contributed by atoms with Crippen LogP contribution in [0.25, 0.3) is 10.8 Å². The number of aromatic hydroxyl groups is 4. The van der Waals surface area contributed by atoms with Crippen molar-refractivity contribution in [1.29, 1.82) is 0 Å². The predicted molar refractivity (Wildman–Crippen MR) is 256 cm³/mol. The van der Waals surface area contributed by atoms with Gasteiger partial charge in [0, 0.05) is 80.8 Å². The van der Waals surface area contributed by atoms with E-state index in [1.54, 1.807) is 52.0 Å². The molecule has 0 spiro atoms. The highest BCUT2D eigenvalue weighted by molar-refractivity contribution is 6.23. The van der Waals surface area contributed by atoms with Crippen LogP contribution >= 0.6 is 0 Å². The predicted octanol–water partition coefficient (Wildman–Crippen LogP) is 6.39. The van der Waals surface area contributed by atoms with Gasteiger partial charge in [0.1, 0.15) is 29.1 Å². The molecule has 1 fully saturated rings. The summed E-state index contributed by atoms with van der Waals surface area (Å²) in [5, 5.41) is 77.8. The van der Waals surface area contributed by atoms with E-state index in [4.69, 9.17) is 24.0 Å². The zero-order chi connectivity index (χ0) is 50.1. The van der Waals surface area contributed by atoms with Crippen molar-refractivity contribution in [2.45, 2.75) is 118 Å². The SMILES string of the molecule is CO[C@@H]1C=CO[C@@]2(C)Oc3c(C)c(O)c4c(O)c(c(C=NN5[C@H](C)CN(Cc6ccc(O)cc6)C[C@@H]5C)c(O)c4c3C2=O)NC(=O)C(C)=CC=C[C@H](C)[C@H](O)[C@H](C)[C@H](O)[C@H](C)[C@@H](OC(C)=O)[C@H]1C. The minimum Gasteiger partial charge on any atom is -0.508 e. The monoisotopic (exact) mass is 942 g/mol. The third-order valence-electron chi connectivity index (χ3n) is 13.6. The summed E-state index contributed by atoms with van der Waals surface area (Å²) in [5.41, 5.74) is 0.548. The molecular formula is C51H66N4O13. The number of phenols is 4. The Balaban J connectivity index is 1.48. The highest BCUT2D eigenvalue weighted by Gasteiger charge is 2.50. The van der Waals surface area contributed by atoms with Crippen LogP contribution in [0.2, 0.25) is 0 Å². The highest BCUT2D eigenvalue weighted by atomic mass is 16.7. The average Bonchev–Trinajstić information content (AvgIpc) is 3.55. The van der Waals surface area contributed by atoms with E-state index in [1.807, 2.05) is 31.0 Å². The second-order valence-electron chi connectivity index (χ2n) is 18.8. The number of phenolic OH excluding ortho intramolecular Hbond substituents is 4. The molecule has 1 amide bonds. The van der Waals surface area contributed by atoms with Crippen molar-refractivity contribution in [2.75, 3.05) is 25.5 Å². The summed E-state index contributed by atoms with van der Waals surface area (Å²) in [7, 11) is 1.43. The van der Waals surface area contributed by atoms with E-state index in [1.165, 1.54) is 59.4 Å². The molecule has 17 heteroatoms. The number of ketones is 1. The number of hydrogen-bond acceptors (Lipinski definition) is 16. The van der Waals surface area contributed by atoms with Crippen molar-refractivity contribution in [3.63, 3.8) is 0 Å². The first-order valence-corrected chi connectivity index (χ1v) is 22.9. The van der Waals surface area contributed by atoms with Crippen LogP contribution in [-0.4, -0.2) is 127 Å². The number of carbonyl (C=O) groups is 3. The van der Waals surface area contributed by atoms with E-state index in [9.17, 15) is 45.0 Å². The molecule has 4 aliphatic rings. The molecule has 0 radical (unpaired) electrons. The van der Waals surface area contributed by atoms with Crippen molar-refractivity contribution < 1.29 is 64.0 Å². The van der Waals surface area contributed by atoms with Crippen LogP contribution in [0.4, 0.5) is 5.69 Å². The summed E-state index contributed by atoms with van der Waals surface area (Å²) < 4.78 is 23.8. The topological polar surface area (TPSA) is 240 Å². The van der Waals surface area contributed by atoms with E-state index in [-0.39, 0.29) is 62.3 Å². The number of piperazine rings is 1. The number of benzene rings is 3. The van der Waals surface area contributed by atoms with Gasteiger partial charge in [-0.15, -0.1) is 0 Å². The number of hydrogen-bond donors (Lipinski definition) is 7. The number of anilines is 1. The molecule has 4 aliphatic heterocycles. The Labute approximate surface area is 396 Å². The fourth-order valence-corrected chi connectivity index (χ4v) is 9.64. The number of allylic oxidation sites excluding steroid dienone is 2. The smallest absolute Gasteiger partial charge is 0.312 e. The average molecular weight is 943 g/mol. The minimum absolute atomic E-state index is 0.0378. The van der Waals surface area contributed by atoms with Gasteiger partial charge >= 0.3 is 11.8 Å². The molecule has 0 aromatic heterocycles. The number of aliphatic hydroxyl groups is 2. The van der Waals surface area contributed by atoms with Crippen molar-refractivity contribution in [2.24, 2.45) is 28.8 Å². The van der Waals surface area contributed by atoms with Gasteiger partial charge in [-0.05, 0) is 51.5 Å². The largest absolute Gasteiger partial charge is 0.508 e. The number of nitrogens with zero attached hydrogens (tertiary/aromatic N) is 3. The van der Waals surface area contributed by atoms with Crippen LogP contribution in [0.5, 0.6) is 28.7 Å². The first-order valence-electron chi connectivity index (χ1n) is 22.9. The van der Waals surface area contributed by atoms with Gasteiger partial charge in [-0.3, -0.25) is 24.3 Å². The van der Waals surface area contributed by atoms with Gasteiger partial charge in [0.25, 0.3) is 11.7 Å². The van der Waals surface area contributed by atoms with E-state index in [0.29, 0.717) is 19.6 Å². The Morgan fingerprint density at radius 3 is 2.16 bits per heavy atom. The summed E-state index contributed by atoms with van der Waals surface area (Å²) in [5.74, 6) is -8.43. The molecule has 3 aromatic rings. The van der Waals surface area contributed by atoms with Crippen molar-refractivity contribution >= 4 is 40.3 Å². The lowest BCUT2D eigenvalue weighted by atomic mass is 9.78. The number of aliphatic hydroxyl groups excluding tert-OH is 2. The molecule has 17 nitrogen and oxygen atoms in total. The Hall–Kier alpha value is -6.14. The fraction of sp³-hybridized carbons (Fsp3) is 0.490. The van der Waals surface area contributed by atoms with Crippen LogP contribution in [0, 0.1) is 30.6 Å². The van der Waals surface area contributed by atoms with E-state index in [0.717, 1.165) is 5.56 Å². The van der Waals surface area contributed by atoms with Crippen molar-refractivity contribution in [3.05, 3.63) is 82.7 Å². The van der Waals surface area contributed by atoms with Gasteiger partial charge < -0.3 is 54.9 Å². The summed E-state index contributed by atoms with van der Waals surface area (Å²) in [6.45, 7) is 18.3. The van der Waals surface area contributed by atoms with Gasteiger partial charge in [-0.25, -0.2) is 0 Å². The minimum atomic E-state index is -2.08. The zero-order valence-electron chi connectivity index (χ0n) is 40.6. The molecule has 5 bridgehead atoms. The molecular weight excluding hydrogens is 877 g/mol. The van der Waals surface area contributed by atoms with E-state index < -0.39 is 88.8 Å². The van der Waals surface area contributed by atoms with Gasteiger partial charge in [0.2, 0.25) is 0 Å². The maximum atomic E-state index is 14.6. The molecule has 0 saturated carbocycles. The molecule has 0 unspecified atom stereocenters. The number of Topliss-reactive ketones (excluding diaryl/α,β-unsaturated/α-hetero) is 1. The fourth-order valence-electron chi connectivity index (χ4n) is 9.64. The van der Waals surface area contributed by atoms with Crippen LogP contribution in [0.1, 0.15) is 89.4 Å². The standard InChI is InChI=1S/C51H66N4O13/c1-25-13-12-14-26(2)50(64)53-41-36(21-52-55-27(3)22-54(23-28(55)4)24-34-15-17-35(57)18-16-34)45(61)38-39(46(41)62)44(60)32(8)48-40(38)49(63)51(10,68-48)66-20-19-37(65-11)29(5)47(67-33(9)56)31(7)43(59)30(6)42(25)58/h12-21,25,27-31,37,42-43,47,57-62H,22-24H2,1-11H3,(H,53,64)/t25-,27-,28+,29-,30-,31-,37+,42-,43-,47-,51-/m0/s1. The van der Waals surface area contributed by atoms with Gasteiger partial charge in [0.15, 0.2) is 5.75 Å². The molecule has 68 heavy (non-hydrogen) atoms. The Bertz CT molecular complexity index is 2510. The summed E-state index contributed by atoms with van der Waals surface area (Å²) in [6, 6.07) is 6.70. The summed E-state index contributed by atoms with van der Waals surface area (Å²) in [4.78, 5) is 43.3. The first kappa shape index (κ1) is 51.3. The number of hydrazone groups is 1. The normalized spacial score (nSPS) is 29.8. The summed E-state index contributed by atoms with van der Waals surface area (Å²) in [6.07, 6.45) is 4.78. The molecule has 3 aromatic carbocycles. The molecule has 11 atom stereocenters. The Morgan fingerprint density at radius 1 is 0.897 bits per heavy atom. The number of amides is 1. The number of nitrogens with one attached hydrogen (secondary N) is 1. The van der Waals surface area contributed by atoms with E-state index >= 15 is 0 Å². The number of carbonyl (C=O) groups excluding carboxylic acids is 3. The van der Waals surface area contributed by atoms with Gasteiger partial charge in [-0.1, -0.05) is 58.1 Å². The van der Waals surface area contributed by atoms with Gasteiger partial charge in [-0.2, -0.15) is 5.10 Å². The quantitative estimate of drug-likeness (QED) is 0.0614. The molecule has 7 rings (SSSR count). The summed E-state index contributed by atoms with van der Waals surface area (Å²) >= 11 is 0. The molecule has 1 saturated heterocycles. The molecule has 4 heterocycles. The number of fused-ring (bicyclic) bond motifs is 14. The maximum Gasteiger partial charge on any atom is 0.312 e. The Kier molecular flexibility index (Phi) is 15.5. The van der Waals surface area contributed by atoms with Crippen LogP contribution in [-0.2, 0) is 30.3 Å². The third-order valence-corrected chi connectivity index (χ3v) is 13.6. The third kappa shape index (κ3) is 10.2. The lowest BCUT2D eigenvalue weighted by Crippen LogP contribution is -2.54. The van der Waals surface area contributed by atoms with Crippen molar-refractivity contribution in [1.82, 2.24) is 9.91 Å². The number of rotatable bonds is 6. The Morgan fingerprint density at radius 2 is 1.54 bits per heavy atom. The second kappa shape index (κ2) is 20.6. The second-order valence-corrected chi connectivity index (χ2v) is 18.8. The van der Waals surface area contributed by atoms with E-state index in [2.05, 4.69) is 10.2 Å². The number of methoxy groups -OCH3 is 1. The lowest BCUT2D eigenvalue weighted by molar-refractivity contribution is -0.160. The lowest BCUT2D eigenvalue weighted by Gasteiger charge is -2.42. The van der Waals surface area contributed by atoms with Gasteiger partial charge in [0.05, 0.1) is 65.1 Å². The van der Waals surface area contributed by atoms with Crippen molar-refractivity contribution in [3.8, 4) is 28.7 Å². The maximum absolute atomic E-state index is 14.6. The molecule has 0 aliphatic carbocycles. The first-order chi connectivity index (χ1) is 32.0. The van der Waals surface area contributed by atoms with Crippen LogP contribution in [0.3, 0.4) is 0 Å². The van der Waals surface area contributed by atoms with Crippen LogP contribution in [0.15, 0.2) is 65.5 Å². The molecule has 368 valence electrons. The zero-order valence-corrected chi connectivity index (χ0v) is 40.6.